The first-order chi connectivity index (χ1) is 7.63. The van der Waals surface area contributed by atoms with Gasteiger partial charge in [-0.2, -0.15) is 0 Å². The molecule has 1 aromatic rings. The molecule has 0 saturated heterocycles. The fraction of sp³-hybridized carbons (Fsp3) is 0.250. The number of hydrogen-bond acceptors (Lipinski definition) is 4. The summed E-state index contributed by atoms with van der Waals surface area (Å²) in [6.45, 7) is 1.47. The molecule has 0 radical (unpaired) electrons. The molecule has 16 heavy (non-hydrogen) atoms. The van der Waals surface area contributed by atoms with E-state index in [1.807, 2.05) is 0 Å². The van der Waals surface area contributed by atoms with Gasteiger partial charge in [-0.15, -0.1) is 0 Å². The number of rotatable bonds is 4. The molecule has 0 saturated carbocycles. The normalized spacial score (nSPS) is 10.4. The van der Waals surface area contributed by atoms with Gasteiger partial charge < -0.3 is 4.74 Å². The van der Waals surface area contributed by atoms with Crippen LogP contribution < -0.4 is 0 Å². The summed E-state index contributed by atoms with van der Waals surface area (Å²) in [5.41, 5.74) is 1.28. The van der Waals surface area contributed by atoms with E-state index in [9.17, 15) is 9.59 Å². The van der Waals surface area contributed by atoms with Crippen molar-refractivity contribution >= 4 is 17.8 Å². The molecule has 0 atom stereocenters. The zero-order valence-corrected chi connectivity index (χ0v) is 9.27. The van der Waals surface area contributed by atoms with Crippen molar-refractivity contribution in [1.29, 1.82) is 0 Å². The Morgan fingerprint density at radius 2 is 2.19 bits per heavy atom. The van der Waals surface area contributed by atoms with Crippen molar-refractivity contribution in [3.8, 4) is 0 Å². The number of pyridine rings is 1. The molecular weight excluding hydrogens is 206 g/mol. The summed E-state index contributed by atoms with van der Waals surface area (Å²) < 4.78 is 4.49. The number of Topliss-reactive ketones (excluding diaryl/α,β-unsaturated/α-hetero) is 1. The molecule has 0 aliphatic heterocycles. The number of esters is 1. The second-order valence-electron chi connectivity index (χ2n) is 3.22. The first-order valence-electron chi connectivity index (χ1n) is 4.84. The lowest BCUT2D eigenvalue weighted by atomic mass is 10.2. The minimum Gasteiger partial charge on any atom is -0.469 e. The molecule has 84 valence electrons. The average molecular weight is 219 g/mol. The Kier molecular flexibility index (Phi) is 4.39. The van der Waals surface area contributed by atoms with Crippen molar-refractivity contribution in [2.45, 2.75) is 13.3 Å². The Morgan fingerprint density at radius 1 is 1.44 bits per heavy atom. The van der Waals surface area contributed by atoms with Gasteiger partial charge in [-0.25, -0.2) is 0 Å². The summed E-state index contributed by atoms with van der Waals surface area (Å²) in [5, 5.41) is 0. The van der Waals surface area contributed by atoms with Crippen molar-refractivity contribution in [1.82, 2.24) is 4.98 Å². The van der Waals surface area contributed by atoms with Gasteiger partial charge in [-0.1, -0.05) is 18.2 Å². The minimum absolute atomic E-state index is 0.0647. The van der Waals surface area contributed by atoms with E-state index in [0.717, 1.165) is 5.56 Å². The van der Waals surface area contributed by atoms with Gasteiger partial charge in [-0.05, 0) is 11.6 Å². The third-order valence-electron chi connectivity index (χ3n) is 1.97. The SMILES string of the molecule is COC(=O)CC=Cc1ccc(C(C)=O)nc1. The molecule has 1 rings (SSSR count). The highest BCUT2D eigenvalue weighted by Crippen LogP contribution is 2.04. The molecular formula is C12H13NO3. The summed E-state index contributed by atoms with van der Waals surface area (Å²) in [6, 6.07) is 3.43. The van der Waals surface area contributed by atoms with Crippen molar-refractivity contribution in [2.24, 2.45) is 0 Å². The van der Waals surface area contributed by atoms with Crippen LogP contribution in [-0.2, 0) is 9.53 Å². The van der Waals surface area contributed by atoms with E-state index >= 15 is 0 Å². The molecule has 1 aromatic heterocycles. The summed E-state index contributed by atoms with van der Waals surface area (Å²) >= 11 is 0. The lowest BCUT2D eigenvalue weighted by molar-refractivity contribution is -0.139. The van der Waals surface area contributed by atoms with Gasteiger partial charge in [0.15, 0.2) is 5.78 Å². The largest absolute Gasteiger partial charge is 0.469 e. The monoisotopic (exact) mass is 219 g/mol. The topological polar surface area (TPSA) is 56.3 Å². The fourth-order valence-corrected chi connectivity index (χ4v) is 1.09. The lowest BCUT2D eigenvalue weighted by Gasteiger charge is -1.96. The third kappa shape index (κ3) is 3.65. The summed E-state index contributed by atoms with van der Waals surface area (Å²) in [4.78, 5) is 25.7. The average Bonchev–Trinajstić information content (AvgIpc) is 2.29. The second kappa shape index (κ2) is 5.80. The quantitative estimate of drug-likeness (QED) is 0.573. The summed E-state index contributed by atoms with van der Waals surface area (Å²) in [6.07, 6.45) is 5.26. The maximum absolute atomic E-state index is 11.0. The van der Waals surface area contributed by atoms with Gasteiger partial charge in [-0.3, -0.25) is 14.6 Å². The Balaban J connectivity index is 2.61. The van der Waals surface area contributed by atoms with E-state index in [1.54, 1.807) is 30.5 Å². The fourth-order valence-electron chi connectivity index (χ4n) is 1.09. The van der Waals surface area contributed by atoms with Gasteiger partial charge >= 0.3 is 5.97 Å². The van der Waals surface area contributed by atoms with Gasteiger partial charge in [0.25, 0.3) is 0 Å². The van der Waals surface area contributed by atoms with E-state index < -0.39 is 0 Å². The van der Waals surface area contributed by atoms with E-state index in [4.69, 9.17) is 0 Å². The number of carbonyl (C=O) groups excluding carboxylic acids is 2. The predicted molar refractivity (Wildman–Crippen MR) is 59.9 cm³/mol. The molecule has 0 amide bonds. The summed E-state index contributed by atoms with van der Waals surface area (Å²) in [7, 11) is 1.35. The smallest absolute Gasteiger partial charge is 0.309 e. The van der Waals surface area contributed by atoms with Crippen molar-refractivity contribution < 1.29 is 14.3 Å². The first kappa shape index (κ1) is 12.1. The second-order valence-corrected chi connectivity index (χ2v) is 3.22. The predicted octanol–water partition coefficient (Wildman–Crippen LogP) is 1.86. The van der Waals surface area contributed by atoms with Gasteiger partial charge in [0.1, 0.15) is 5.69 Å². The number of ether oxygens (including phenoxy) is 1. The van der Waals surface area contributed by atoms with E-state index in [-0.39, 0.29) is 18.2 Å². The number of ketones is 1. The van der Waals surface area contributed by atoms with Crippen LogP contribution >= 0.6 is 0 Å². The van der Waals surface area contributed by atoms with Crippen LogP contribution in [0.1, 0.15) is 29.4 Å². The molecule has 0 aromatic carbocycles. The highest BCUT2D eigenvalue weighted by Gasteiger charge is 1.99. The summed E-state index contributed by atoms with van der Waals surface area (Å²) in [5.74, 6) is -0.352. The van der Waals surface area contributed by atoms with Crippen LogP contribution in [0.15, 0.2) is 24.4 Å². The first-order valence-corrected chi connectivity index (χ1v) is 4.84. The van der Waals surface area contributed by atoms with Gasteiger partial charge in [0.2, 0.25) is 0 Å². The molecule has 0 bridgehead atoms. The van der Waals surface area contributed by atoms with Crippen LogP contribution in [0.4, 0.5) is 0 Å². The number of nitrogens with zero attached hydrogens (tertiary/aromatic N) is 1. The zero-order chi connectivity index (χ0) is 12.0. The Morgan fingerprint density at radius 3 is 2.69 bits per heavy atom. The molecule has 0 unspecified atom stereocenters. The number of hydrogen-bond donors (Lipinski definition) is 0. The minimum atomic E-state index is -0.287. The Hall–Kier alpha value is -1.97. The number of aromatic nitrogens is 1. The van der Waals surface area contributed by atoms with Gasteiger partial charge in [0.05, 0.1) is 13.5 Å². The van der Waals surface area contributed by atoms with Crippen LogP contribution in [0, 0.1) is 0 Å². The highest BCUT2D eigenvalue weighted by atomic mass is 16.5. The van der Waals surface area contributed by atoms with Crippen LogP contribution in [0.25, 0.3) is 6.08 Å². The van der Waals surface area contributed by atoms with Crippen LogP contribution in [0.5, 0.6) is 0 Å². The zero-order valence-electron chi connectivity index (χ0n) is 9.27. The highest BCUT2D eigenvalue weighted by molar-refractivity contribution is 5.92. The molecule has 0 aliphatic carbocycles. The lowest BCUT2D eigenvalue weighted by Crippen LogP contribution is -1.97. The number of methoxy groups -OCH3 is 1. The molecule has 0 spiro atoms. The Bertz CT molecular complexity index is 407. The van der Waals surface area contributed by atoms with Crippen molar-refractivity contribution in [3.05, 3.63) is 35.7 Å². The maximum atomic E-state index is 11.0. The Labute approximate surface area is 94.0 Å². The van der Waals surface area contributed by atoms with Crippen LogP contribution in [-0.4, -0.2) is 23.8 Å². The maximum Gasteiger partial charge on any atom is 0.309 e. The molecule has 4 heteroatoms. The third-order valence-corrected chi connectivity index (χ3v) is 1.97. The van der Waals surface area contributed by atoms with E-state index in [1.165, 1.54) is 14.0 Å². The van der Waals surface area contributed by atoms with E-state index in [0.29, 0.717) is 5.69 Å². The van der Waals surface area contributed by atoms with E-state index in [2.05, 4.69) is 9.72 Å². The molecule has 4 nitrogen and oxygen atoms in total. The molecule has 0 aliphatic rings. The van der Waals surface area contributed by atoms with Crippen LogP contribution in [0.3, 0.4) is 0 Å². The van der Waals surface area contributed by atoms with Crippen LogP contribution in [0.2, 0.25) is 0 Å². The molecule has 0 N–H and O–H groups in total. The van der Waals surface area contributed by atoms with Crippen molar-refractivity contribution in [3.63, 3.8) is 0 Å². The van der Waals surface area contributed by atoms with Gasteiger partial charge in [0, 0.05) is 13.1 Å². The van der Waals surface area contributed by atoms with Crippen molar-refractivity contribution in [2.75, 3.05) is 7.11 Å². The molecule has 1 heterocycles. The molecule has 0 fully saturated rings. The standard InChI is InChI=1S/C12H13NO3/c1-9(14)11-7-6-10(8-13-11)4-3-5-12(15)16-2/h3-4,6-8H,5H2,1-2H3. The number of carbonyl (C=O) groups is 2.